The minimum absolute atomic E-state index is 0.404. The van der Waals surface area contributed by atoms with E-state index in [4.69, 9.17) is 9.72 Å². The molecule has 1 spiro atoms. The second kappa shape index (κ2) is 6.43. The van der Waals surface area contributed by atoms with E-state index < -0.39 is 0 Å². The van der Waals surface area contributed by atoms with E-state index in [2.05, 4.69) is 53.2 Å². The lowest BCUT2D eigenvalue weighted by atomic mass is 9.78. The molecule has 2 atom stereocenters. The van der Waals surface area contributed by atoms with Crippen molar-refractivity contribution in [1.29, 1.82) is 0 Å². The van der Waals surface area contributed by atoms with E-state index in [9.17, 15) is 0 Å². The number of ether oxygens (including phenoxy) is 1. The summed E-state index contributed by atoms with van der Waals surface area (Å²) in [6.07, 6.45) is 1.28. The fourth-order valence-corrected chi connectivity index (χ4v) is 4.74. The predicted octanol–water partition coefficient (Wildman–Crippen LogP) is 2.63. The lowest BCUT2D eigenvalue weighted by Gasteiger charge is -2.30. The standard InChI is InChI=1S/C20H27N3O/c1-22-11-17(13-24-2)20(14-22)9-10-23(15-20)12-18-8-7-16-5-3-4-6-19(16)21-18/h3-8,17H,9-15H2,1-2H3/t17-,20+/m0/s1. The number of nitrogens with zero attached hydrogens (tertiary/aromatic N) is 3. The zero-order chi connectivity index (χ0) is 16.6. The molecule has 0 unspecified atom stereocenters. The Balaban J connectivity index is 1.48. The summed E-state index contributed by atoms with van der Waals surface area (Å²) in [5.74, 6) is 0.655. The molecule has 0 saturated carbocycles. The number of hydrogen-bond acceptors (Lipinski definition) is 4. The van der Waals surface area contributed by atoms with E-state index in [1.165, 1.54) is 37.1 Å². The molecule has 1 aromatic carbocycles. The van der Waals surface area contributed by atoms with Crippen LogP contribution in [0.15, 0.2) is 36.4 Å². The molecule has 2 aliphatic heterocycles. The molecule has 2 aromatic rings. The Morgan fingerprint density at radius 3 is 2.96 bits per heavy atom. The summed E-state index contributed by atoms with van der Waals surface area (Å²) in [4.78, 5) is 9.90. The summed E-state index contributed by atoms with van der Waals surface area (Å²) in [7, 11) is 4.07. The molecule has 128 valence electrons. The number of aromatic nitrogens is 1. The first-order valence-corrected chi connectivity index (χ1v) is 8.93. The quantitative estimate of drug-likeness (QED) is 0.864. The Morgan fingerprint density at radius 2 is 2.08 bits per heavy atom. The van der Waals surface area contributed by atoms with Crippen LogP contribution in [0, 0.1) is 11.3 Å². The zero-order valence-corrected chi connectivity index (χ0v) is 14.7. The van der Waals surface area contributed by atoms with Crippen LogP contribution in [0.25, 0.3) is 10.9 Å². The molecule has 2 aliphatic rings. The van der Waals surface area contributed by atoms with Gasteiger partial charge >= 0.3 is 0 Å². The summed E-state index contributed by atoms with van der Waals surface area (Å²) in [5.41, 5.74) is 2.68. The second-order valence-corrected chi connectivity index (χ2v) is 7.67. The van der Waals surface area contributed by atoms with Crippen LogP contribution in [-0.2, 0) is 11.3 Å². The number of likely N-dealkylation sites (tertiary alicyclic amines) is 2. The first-order valence-electron chi connectivity index (χ1n) is 8.93. The number of para-hydroxylation sites is 1. The number of hydrogen-bond donors (Lipinski definition) is 0. The van der Waals surface area contributed by atoms with Gasteiger partial charge in [-0.15, -0.1) is 0 Å². The number of benzene rings is 1. The van der Waals surface area contributed by atoms with Crippen LogP contribution in [0.5, 0.6) is 0 Å². The third-order valence-corrected chi connectivity index (χ3v) is 5.86. The number of pyridine rings is 1. The van der Waals surface area contributed by atoms with Gasteiger partial charge in [0, 0.05) is 50.0 Å². The minimum atomic E-state index is 0.404. The number of methoxy groups -OCH3 is 1. The van der Waals surface area contributed by atoms with Gasteiger partial charge in [0.2, 0.25) is 0 Å². The molecular weight excluding hydrogens is 298 g/mol. The summed E-state index contributed by atoms with van der Waals surface area (Å²) < 4.78 is 5.50. The van der Waals surface area contributed by atoms with Gasteiger partial charge in [0.05, 0.1) is 17.8 Å². The van der Waals surface area contributed by atoms with E-state index in [1.807, 2.05) is 7.11 Å². The van der Waals surface area contributed by atoms with E-state index in [-0.39, 0.29) is 0 Å². The fourth-order valence-electron chi connectivity index (χ4n) is 4.74. The Bertz CT molecular complexity index is 719. The topological polar surface area (TPSA) is 28.6 Å². The second-order valence-electron chi connectivity index (χ2n) is 7.67. The Hall–Kier alpha value is -1.49. The van der Waals surface area contributed by atoms with Crippen molar-refractivity contribution in [3.05, 3.63) is 42.1 Å². The lowest BCUT2D eigenvalue weighted by Crippen LogP contribution is -2.36. The van der Waals surface area contributed by atoms with Crippen molar-refractivity contribution in [1.82, 2.24) is 14.8 Å². The lowest BCUT2D eigenvalue weighted by molar-refractivity contribution is 0.0958. The number of fused-ring (bicyclic) bond motifs is 1. The molecule has 0 bridgehead atoms. The van der Waals surface area contributed by atoms with Crippen LogP contribution in [0.2, 0.25) is 0 Å². The van der Waals surface area contributed by atoms with Crippen molar-refractivity contribution in [3.8, 4) is 0 Å². The van der Waals surface area contributed by atoms with Crippen LogP contribution in [0.4, 0.5) is 0 Å². The molecule has 24 heavy (non-hydrogen) atoms. The smallest absolute Gasteiger partial charge is 0.0705 e. The molecule has 4 nitrogen and oxygen atoms in total. The Morgan fingerprint density at radius 1 is 1.21 bits per heavy atom. The van der Waals surface area contributed by atoms with Gasteiger partial charge in [0.25, 0.3) is 0 Å². The van der Waals surface area contributed by atoms with Crippen LogP contribution in [0.1, 0.15) is 12.1 Å². The maximum atomic E-state index is 5.50. The first kappa shape index (κ1) is 16.0. The SMILES string of the molecule is COC[C@@H]1CN(C)C[C@@]12CCN(Cc1ccc3ccccc3n1)C2. The van der Waals surface area contributed by atoms with Crippen molar-refractivity contribution in [2.24, 2.45) is 11.3 Å². The molecule has 0 radical (unpaired) electrons. The van der Waals surface area contributed by atoms with E-state index in [0.717, 1.165) is 25.2 Å². The highest BCUT2D eigenvalue weighted by Crippen LogP contribution is 2.43. The van der Waals surface area contributed by atoms with Crippen LogP contribution < -0.4 is 0 Å². The van der Waals surface area contributed by atoms with E-state index in [1.54, 1.807) is 0 Å². The summed E-state index contributed by atoms with van der Waals surface area (Å²) in [6, 6.07) is 12.7. The van der Waals surface area contributed by atoms with Gasteiger partial charge in [-0.05, 0) is 32.1 Å². The highest BCUT2D eigenvalue weighted by molar-refractivity contribution is 5.78. The average molecular weight is 325 g/mol. The predicted molar refractivity (Wildman–Crippen MR) is 96.9 cm³/mol. The Kier molecular flexibility index (Phi) is 4.29. The summed E-state index contributed by atoms with van der Waals surface area (Å²) >= 11 is 0. The molecule has 2 saturated heterocycles. The van der Waals surface area contributed by atoms with Gasteiger partial charge in [0.15, 0.2) is 0 Å². The molecule has 4 rings (SSSR count). The molecular formula is C20H27N3O. The van der Waals surface area contributed by atoms with Crippen LogP contribution in [-0.4, -0.2) is 61.7 Å². The molecule has 0 aliphatic carbocycles. The summed E-state index contributed by atoms with van der Waals surface area (Å²) in [6.45, 7) is 6.53. The van der Waals surface area contributed by atoms with Crippen molar-refractivity contribution in [2.75, 3.05) is 46.9 Å². The average Bonchev–Trinajstić information content (AvgIpc) is 3.11. The van der Waals surface area contributed by atoms with Crippen LogP contribution >= 0.6 is 0 Å². The van der Waals surface area contributed by atoms with Crippen molar-refractivity contribution >= 4 is 10.9 Å². The highest BCUT2D eigenvalue weighted by Gasteiger charge is 2.49. The zero-order valence-electron chi connectivity index (χ0n) is 14.7. The van der Waals surface area contributed by atoms with Gasteiger partial charge in [-0.3, -0.25) is 9.88 Å². The van der Waals surface area contributed by atoms with Gasteiger partial charge in [-0.25, -0.2) is 0 Å². The maximum absolute atomic E-state index is 5.50. The van der Waals surface area contributed by atoms with Gasteiger partial charge < -0.3 is 9.64 Å². The largest absolute Gasteiger partial charge is 0.384 e. The summed E-state index contributed by atoms with van der Waals surface area (Å²) in [5, 5.41) is 1.22. The van der Waals surface area contributed by atoms with Crippen molar-refractivity contribution in [2.45, 2.75) is 13.0 Å². The third kappa shape index (κ3) is 2.94. The minimum Gasteiger partial charge on any atom is -0.384 e. The fraction of sp³-hybridized carbons (Fsp3) is 0.550. The molecule has 4 heteroatoms. The molecule has 0 amide bonds. The molecule has 1 aromatic heterocycles. The van der Waals surface area contributed by atoms with Gasteiger partial charge in [-0.2, -0.15) is 0 Å². The van der Waals surface area contributed by atoms with Crippen molar-refractivity contribution < 1.29 is 4.74 Å². The Labute approximate surface area is 144 Å². The first-order chi connectivity index (χ1) is 11.7. The monoisotopic (exact) mass is 325 g/mol. The molecule has 3 heterocycles. The maximum Gasteiger partial charge on any atom is 0.0705 e. The van der Waals surface area contributed by atoms with Gasteiger partial charge in [-0.1, -0.05) is 24.3 Å². The normalized spacial score (nSPS) is 28.3. The molecule has 0 N–H and O–H groups in total. The van der Waals surface area contributed by atoms with Crippen molar-refractivity contribution in [3.63, 3.8) is 0 Å². The molecule has 2 fully saturated rings. The van der Waals surface area contributed by atoms with Gasteiger partial charge in [0.1, 0.15) is 0 Å². The van der Waals surface area contributed by atoms with E-state index in [0.29, 0.717) is 11.3 Å². The number of rotatable bonds is 4. The van der Waals surface area contributed by atoms with E-state index >= 15 is 0 Å². The highest BCUT2D eigenvalue weighted by atomic mass is 16.5. The third-order valence-electron chi connectivity index (χ3n) is 5.86. The van der Waals surface area contributed by atoms with Crippen LogP contribution in [0.3, 0.4) is 0 Å².